The molecule has 0 saturated heterocycles. The Balaban J connectivity index is 2.39. The second kappa shape index (κ2) is 9.57. The van der Waals surface area contributed by atoms with Crippen molar-refractivity contribution in [3.8, 4) is 0 Å². The largest absolute Gasteiger partial charge is 0.444 e. The highest BCUT2D eigenvalue weighted by molar-refractivity contribution is 8.00. The molecule has 1 aromatic rings. The van der Waals surface area contributed by atoms with Crippen LogP contribution in [-0.4, -0.2) is 35.9 Å². The standard InChI is InChI=1S/C18H28N2O3S/c1-13(2)15(20-17(22)23-18(3,4)5)11-19-16(21)12-24-14-9-7-6-8-10-14/h6-10,13,15H,11-12H2,1-5H3,(H,19,21)(H,20,22). The van der Waals surface area contributed by atoms with Crippen molar-refractivity contribution < 1.29 is 14.3 Å². The third kappa shape index (κ3) is 8.82. The minimum absolute atomic E-state index is 0.0551. The van der Waals surface area contributed by atoms with Crippen molar-refractivity contribution in [1.29, 1.82) is 0 Å². The van der Waals surface area contributed by atoms with Crippen LogP contribution in [0, 0.1) is 5.92 Å². The van der Waals surface area contributed by atoms with E-state index in [1.807, 2.05) is 65.0 Å². The Bertz CT molecular complexity index is 527. The van der Waals surface area contributed by atoms with E-state index in [4.69, 9.17) is 4.74 Å². The quantitative estimate of drug-likeness (QED) is 0.738. The Kier molecular flexibility index (Phi) is 8.11. The second-order valence-corrected chi connectivity index (χ2v) is 7.95. The fourth-order valence-electron chi connectivity index (χ4n) is 1.85. The van der Waals surface area contributed by atoms with E-state index in [9.17, 15) is 9.59 Å². The molecule has 1 atom stereocenters. The van der Waals surface area contributed by atoms with Crippen molar-refractivity contribution in [3.63, 3.8) is 0 Å². The molecule has 24 heavy (non-hydrogen) atoms. The summed E-state index contributed by atoms with van der Waals surface area (Å²) in [7, 11) is 0. The van der Waals surface area contributed by atoms with Crippen LogP contribution >= 0.6 is 11.8 Å². The van der Waals surface area contributed by atoms with E-state index in [-0.39, 0.29) is 17.9 Å². The van der Waals surface area contributed by atoms with Gasteiger partial charge in [-0.1, -0.05) is 32.0 Å². The molecule has 0 saturated carbocycles. The lowest BCUT2D eigenvalue weighted by Crippen LogP contribution is -2.48. The molecule has 1 unspecified atom stereocenters. The fraction of sp³-hybridized carbons (Fsp3) is 0.556. The van der Waals surface area contributed by atoms with Crippen LogP contribution in [0.5, 0.6) is 0 Å². The summed E-state index contributed by atoms with van der Waals surface area (Å²) >= 11 is 1.49. The lowest BCUT2D eigenvalue weighted by Gasteiger charge is -2.26. The Morgan fingerprint density at radius 2 is 1.79 bits per heavy atom. The number of amides is 2. The molecule has 0 aromatic heterocycles. The summed E-state index contributed by atoms with van der Waals surface area (Å²) in [5, 5.41) is 5.69. The number of carbonyl (C=O) groups excluding carboxylic acids is 2. The van der Waals surface area contributed by atoms with Gasteiger partial charge in [0.25, 0.3) is 0 Å². The Morgan fingerprint density at radius 3 is 2.33 bits per heavy atom. The molecule has 0 aliphatic heterocycles. The van der Waals surface area contributed by atoms with Gasteiger partial charge in [-0.2, -0.15) is 0 Å². The molecular weight excluding hydrogens is 324 g/mol. The van der Waals surface area contributed by atoms with Crippen molar-refractivity contribution in [2.75, 3.05) is 12.3 Å². The number of nitrogens with one attached hydrogen (secondary N) is 2. The Hall–Kier alpha value is -1.69. The van der Waals surface area contributed by atoms with E-state index < -0.39 is 11.7 Å². The molecule has 0 aliphatic carbocycles. The zero-order valence-corrected chi connectivity index (χ0v) is 15.9. The molecule has 5 nitrogen and oxygen atoms in total. The number of rotatable bonds is 7. The molecule has 1 rings (SSSR count). The molecule has 0 bridgehead atoms. The first-order chi connectivity index (χ1) is 11.2. The lowest BCUT2D eigenvalue weighted by atomic mass is 10.0. The normalized spacial score (nSPS) is 12.6. The molecule has 134 valence electrons. The predicted molar refractivity (Wildman–Crippen MR) is 98.2 cm³/mol. The summed E-state index contributed by atoms with van der Waals surface area (Å²) in [6.07, 6.45) is -0.464. The van der Waals surface area contributed by atoms with Gasteiger partial charge in [0, 0.05) is 11.4 Å². The highest BCUT2D eigenvalue weighted by Crippen LogP contribution is 2.16. The van der Waals surface area contributed by atoms with E-state index in [0.29, 0.717) is 12.3 Å². The van der Waals surface area contributed by atoms with Gasteiger partial charge in [0.1, 0.15) is 5.60 Å². The topological polar surface area (TPSA) is 67.4 Å². The number of thioether (sulfide) groups is 1. The number of ether oxygens (including phenoxy) is 1. The van der Waals surface area contributed by atoms with Crippen LogP contribution in [0.15, 0.2) is 35.2 Å². The van der Waals surface area contributed by atoms with Gasteiger partial charge in [-0.25, -0.2) is 4.79 Å². The first-order valence-corrected chi connectivity index (χ1v) is 9.10. The second-order valence-electron chi connectivity index (χ2n) is 6.90. The van der Waals surface area contributed by atoms with E-state index in [1.54, 1.807) is 0 Å². The molecule has 0 heterocycles. The van der Waals surface area contributed by atoms with Gasteiger partial charge in [-0.15, -0.1) is 11.8 Å². The van der Waals surface area contributed by atoms with Gasteiger partial charge in [0.2, 0.25) is 5.91 Å². The minimum Gasteiger partial charge on any atom is -0.444 e. The molecule has 2 amide bonds. The van der Waals surface area contributed by atoms with E-state index in [1.165, 1.54) is 11.8 Å². The summed E-state index contributed by atoms with van der Waals surface area (Å²) < 4.78 is 5.26. The number of benzene rings is 1. The molecule has 0 radical (unpaired) electrons. The molecule has 0 fully saturated rings. The average Bonchev–Trinajstić information content (AvgIpc) is 2.48. The van der Waals surface area contributed by atoms with Crippen LogP contribution in [-0.2, 0) is 9.53 Å². The predicted octanol–water partition coefficient (Wildman–Crippen LogP) is 3.44. The van der Waals surface area contributed by atoms with E-state index in [2.05, 4.69) is 10.6 Å². The fourth-order valence-corrected chi connectivity index (χ4v) is 2.60. The van der Waals surface area contributed by atoms with E-state index in [0.717, 1.165) is 4.90 Å². The van der Waals surface area contributed by atoms with Gasteiger partial charge >= 0.3 is 6.09 Å². The Morgan fingerprint density at radius 1 is 1.17 bits per heavy atom. The summed E-state index contributed by atoms with van der Waals surface area (Å²) in [5.74, 6) is 0.474. The first kappa shape index (κ1) is 20.4. The smallest absolute Gasteiger partial charge is 0.407 e. The van der Waals surface area contributed by atoms with Crippen LogP contribution < -0.4 is 10.6 Å². The van der Waals surface area contributed by atoms with Crippen molar-refractivity contribution in [2.45, 2.75) is 51.2 Å². The number of hydrogen-bond donors (Lipinski definition) is 2. The van der Waals surface area contributed by atoms with Crippen molar-refractivity contribution in [2.24, 2.45) is 5.92 Å². The van der Waals surface area contributed by atoms with Gasteiger partial charge in [0.15, 0.2) is 0 Å². The maximum Gasteiger partial charge on any atom is 0.407 e. The maximum absolute atomic E-state index is 12.0. The van der Waals surface area contributed by atoms with Crippen LogP contribution in [0.4, 0.5) is 4.79 Å². The van der Waals surface area contributed by atoms with Crippen molar-refractivity contribution in [3.05, 3.63) is 30.3 Å². The van der Waals surface area contributed by atoms with Crippen LogP contribution in [0.1, 0.15) is 34.6 Å². The summed E-state index contributed by atoms with van der Waals surface area (Å²) in [6.45, 7) is 9.82. The Labute approximate surface area is 148 Å². The van der Waals surface area contributed by atoms with Crippen LogP contribution in [0.3, 0.4) is 0 Å². The number of alkyl carbamates (subject to hydrolysis) is 1. The molecule has 0 spiro atoms. The third-order valence-electron chi connectivity index (χ3n) is 3.14. The number of hydrogen-bond acceptors (Lipinski definition) is 4. The third-order valence-corrected chi connectivity index (χ3v) is 4.15. The van der Waals surface area contributed by atoms with Gasteiger partial charge in [-0.3, -0.25) is 4.79 Å². The van der Waals surface area contributed by atoms with Crippen molar-refractivity contribution in [1.82, 2.24) is 10.6 Å². The maximum atomic E-state index is 12.0. The summed E-state index contributed by atoms with van der Waals surface area (Å²) in [4.78, 5) is 24.9. The highest BCUT2D eigenvalue weighted by Gasteiger charge is 2.21. The zero-order valence-electron chi connectivity index (χ0n) is 15.1. The first-order valence-electron chi connectivity index (χ1n) is 8.11. The molecular formula is C18H28N2O3S. The highest BCUT2D eigenvalue weighted by atomic mass is 32.2. The molecule has 2 N–H and O–H groups in total. The van der Waals surface area contributed by atoms with Crippen molar-refractivity contribution >= 4 is 23.8 Å². The van der Waals surface area contributed by atoms with Crippen LogP contribution in [0.25, 0.3) is 0 Å². The summed E-state index contributed by atoms with van der Waals surface area (Å²) in [6, 6.07) is 9.60. The van der Waals surface area contributed by atoms with E-state index >= 15 is 0 Å². The summed E-state index contributed by atoms with van der Waals surface area (Å²) in [5.41, 5.74) is -0.540. The minimum atomic E-state index is -0.540. The SMILES string of the molecule is CC(C)C(CNC(=O)CSc1ccccc1)NC(=O)OC(C)(C)C. The van der Waals surface area contributed by atoms with Gasteiger partial charge in [-0.05, 0) is 38.8 Å². The monoisotopic (exact) mass is 352 g/mol. The van der Waals surface area contributed by atoms with Gasteiger partial charge < -0.3 is 15.4 Å². The average molecular weight is 353 g/mol. The van der Waals surface area contributed by atoms with Crippen LogP contribution in [0.2, 0.25) is 0 Å². The lowest BCUT2D eigenvalue weighted by molar-refractivity contribution is -0.118. The van der Waals surface area contributed by atoms with Gasteiger partial charge in [0.05, 0.1) is 11.8 Å². The zero-order chi connectivity index (χ0) is 18.2. The molecule has 0 aliphatic rings. The molecule has 6 heteroatoms. The number of carbonyl (C=O) groups is 2. The molecule has 1 aromatic carbocycles.